The summed E-state index contributed by atoms with van der Waals surface area (Å²) in [5, 5.41) is 15.1. The van der Waals surface area contributed by atoms with Crippen LogP contribution in [0.5, 0.6) is 0 Å². The third-order valence-corrected chi connectivity index (χ3v) is 13.4. The van der Waals surface area contributed by atoms with Crippen molar-refractivity contribution in [3.63, 3.8) is 0 Å². The van der Waals surface area contributed by atoms with Gasteiger partial charge < -0.3 is 4.42 Å². The minimum Gasteiger partial charge on any atom is -0.455 e. The van der Waals surface area contributed by atoms with Gasteiger partial charge in [-0.3, -0.25) is 4.57 Å². The number of para-hydroxylation sites is 3. The number of rotatable bonds is 4. The SMILES string of the molecule is c1ccc2c(-c3ccc(-c4nc(-n5c6c(-c7cccc8c7oc7ccc9ccccc9c78)cccc6c6c7ccccc7c7ccccc7c65)nc5ccccc45)cc3)cccc2c1. The van der Waals surface area contributed by atoms with E-state index in [4.69, 9.17) is 14.4 Å². The quantitative estimate of drug-likeness (QED) is 0.166. The zero-order chi connectivity index (χ0) is 41.9. The van der Waals surface area contributed by atoms with Gasteiger partial charge in [0.25, 0.3) is 0 Å². The van der Waals surface area contributed by atoms with Gasteiger partial charge in [-0.25, -0.2) is 9.97 Å². The Morgan fingerprint density at radius 2 is 0.891 bits per heavy atom. The predicted octanol–water partition coefficient (Wildman–Crippen LogP) is 16.2. The van der Waals surface area contributed by atoms with E-state index in [1.807, 2.05) is 0 Å². The molecule has 0 spiro atoms. The summed E-state index contributed by atoms with van der Waals surface area (Å²) in [6, 6.07) is 76.0. The molecule has 14 rings (SSSR count). The zero-order valence-electron chi connectivity index (χ0n) is 34.5. The van der Waals surface area contributed by atoms with Crippen LogP contribution >= 0.6 is 0 Å². The summed E-state index contributed by atoms with van der Waals surface area (Å²) in [4.78, 5) is 11.1. The highest BCUT2D eigenvalue weighted by Gasteiger charge is 2.25. The fourth-order valence-electron chi connectivity index (χ4n) is 10.6. The van der Waals surface area contributed by atoms with Crippen molar-refractivity contribution in [3.8, 4) is 39.5 Å². The Bertz CT molecular complexity index is 4250. The van der Waals surface area contributed by atoms with Crippen molar-refractivity contribution in [3.05, 3.63) is 212 Å². The van der Waals surface area contributed by atoms with Crippen LogP contribution < -0.4 is 0 Å². The molecule has 0 aliphatic rings. The molecule has 0 aliphatic heterocycles. The molecule has 14 aromatic rings. The maximum absolute atomic E-state index is 6.91. The Labute approximate surface area is 366 Å². The molecular weight excluding hydrogens is 779 g/mol. The van der Waals surface area contributed by atoms with E-state index in [-0.39, 0.29) is 0 Å². The van der Waals surface area contributed by atoms with E-state index in [1.165, 1.54) is 48.7 Å². The summed E-state index contributed by atoms with van der Waals surface area (Å²) in [6.07, 6.45) is 0. The smallest absolute Gasteiger partial charge is 0.235 e. The van der Waals surface area contributed by atoms with Crippen LogP contribution in [0, 0.1) is 0 Å². The maximum Gasteiger partial charge on any atom is 0.235 e. The summed E-state index contributed by atoms with van der Waals surface area (Å²) in [5.41, 5.74) is 11.1. The van der Waals surface area contributed by atoms with E-state index in [1.54, 1.807) is 0 Å². The second kappa shape index (κ2) is 13.4. The van der Waals surface area contributed by atoms with Gasteiger partial charge in [-0.2, -0.15) is 0 Å². The van der Waals surface area contributed by atoms with Gasteiger partial charge in [0.15, 0.2) is 0 Å². The van der Waals surface area contributed by atoms with E-state index in [0.717, 1.165) is 82.6 Å². The number of benzene rings is 11. The van der Waals surface area contributed by atoms with Gasteiger partial charge in [0.1, 0.15) is 11.2 Å². The van der Waals surface area contributed by atoms with E-state index in [0.29, 0.717) is 5.95 Å². The molecule has 4 heteroatoms. The predicted molar refractivity (Wildman–Crippen MR) is 267 cm³/mol. The van der Waals surface area contributed by atoms with Gasteiger partial charge in [-0.1, -0.05) is 200 Å². The lowest BCUT2D eigenvalue weighted by molar-refractivity contribution is 0.670. The molecule has 0 radical (unpaired) electrons. The van der Waals surface area contributed by atoms with Crippen LogP contribution in [0.25, 0.3) is 137 Å². The average Bonchev–Trinajstić information content (AvgIpc) is 3.93. The molecule has 0 saturated carbocycles. The first-order valence-electron chi connectivity index (χ1n) is 21.8. The van der Waals surface area contributed by atoms with E-state index in [2.05, 4.69) is 217 Å². The molecule has 0 bridgehead atoms. The van der Waals surface area contributed by atoms with Crippen LogP contribution in [0.1, 0.15) is 0 Å². The highest BCUT2D eigenvalue weighted by molar-refractivity contribution is 6.33. The zero-order valence-corrected chi connectivity index (χ0v) is 34.5. The molecule has 0 N–H and O–H groups in total. The monoisotopic (exact) mass is 813 g/mol. The standard InChI is InChI=1S/C60H35N3O/c1-3-17-40-36(14-1)16-11-24-41(40)38-30-32-39(33-31-38)56-49-23-9-10-29-52(49)61-60(62-56)63-57-47(48-26-13-28-51-54-42-18-4-2-15-37(42)34-35-53(54)64-59(48)51)25-12-27-50(57)55-45-21-7-5-19-43(45)44-20-6-8-22-46(44)58(55)63/h1-35H. The second-order valence-electron chi connectivity index (χ2n) is 16.8. The second-order valence-corrected chi connectivity index (χ2v) is 16.8. The number of furan rings is 1. The Hall–Kier alpha value is -8.60. The summed E-state index contributed by atoms with van der Waals surface area (Å²) >= 11 is 0. The highest BCUT2D eigenvalue weighted by Crippen LogP contribution is 2.47. The molecule has 0 atom stereocenters. The Morgan fingerprint density at radius 1 is 0.328 bits per heavy atom. The number of hydrogen-bond donors (Lipinski definition) is 0. The summed E-state index contributed by atoms with van der Waals surface area (Å²) in [5.74, 6) is 0.613. The fourth-order valence-corrected chi connectivity index (χ4v) is 10.6. The van der Waals surface area contributed by atoms with Crippen LogP contribution in [0.4, 0.5) is 0 Å². The molecule has 0 amide bonds. The van der Waals surface area contributed by atoms with Crippen molar-refractivity contribution >= 4 is 97.7 Å². The lowest BCUT2D eigenvalue weighted by Crippen LogP contribution is -2.04. The minimum atomic E-state index is 0.613. The van der Waals surface area contributed by atoms with Gasteiger partial charge in [0.2, 0.25) is 5.95 Å². The molecule has 64 heavy (non-hydrogen) atoms. The summed E-state index contributed by atoms with van der Waals surface area (Å²) in [6.45, 7) is 0. The van der Waals surface area contributed by atoms with Gasteiger partial charge >= 0.3 is 0 Å². The van der Waals surface area contributed by atoms with E-state index in [9.17, 15) is 0 Å². The Balaban J connectivity index is 1.09. The van der Waals surface area contributed by atoms with Crippen molar-refractivity contribution in [2.75, 3.05) is 0 Å². The molecule has 296 valence electrons. The Morgan fingerprint density at radius 3 is 1.70 bits per heavy atom. The van der Waals surface area contributed by atoms with Gasteiger partial charge in [0, 0.05) is 49.0 Å². The fraction of sp³-hybridized carbons (Fsp3) is 0. The largest absolute Gasteiger partial charge is 0.455 e. The van der Waals surface area contributed by atoms with Crippen molar-refractivity contribution < 1.29 is 4.42 Å². The molecule has 0 aliphatic carbocycles. The van der Waals surface area contributed by atoms with Crippen LogP contribution in [-0.4, -0.2) is 14.5 Å². The van der Waals surface area contributed by atoms with Gasteiger partial charge in [-0.15, -0.1) is 0 Å². The molecule has 0 unspecified atom stereocenters. The van der Waals surface area contributed by atoms with Gasteiger partial charge in [-0.05, 0) is 61.0 Å². The average molecular weight is 814 g/mol. The Kier molecular flexibility index (Phi) is 7.36. The molecule has 11 aromatic carbocycles. The minimum absolute atomic E-state index is 0.613. The topological polar surface area (TPSA) is 43.9 Å². The molecule has 0 fully saturated rings. The van der Waals surface area contributed by atoms with Crippen LogP contribution in [0.15, 0.2) is 217 Å². The first-order valence-corrected chi connectivity index (χ1v) is 21.8. The van der Waals surface area contributed by atoms with Crippen molar-refractivity contribution in [2.24, 2.45) is 0 Å². The maximum atomic E-state index is 6.91. The number of aromatic nitrogens is 3. The lowest BCUT2D eigenvalue weighted by Gasteiger charge is -2.15. The van der Waals surface area contributed by atoms with Crippen LogP contribution in [0.2, 0.25) is 0 Å². The molecule has 3 aromatic heterocycles. The van der Waals surface area contributed by atoms with Crippen LogP contribution in [-0.2, 0) is 0 Å². The third-order valence-electron chi connectivity index (χ3n) is 13.4. The normalized spacial score (nSPS) is 12.1. The first kappa shape index (κ1) is 35.0. The number of nitrogens with zero attached hydrogens (tertiary/aromatic N) is 3. The number of hydrogen-bond acceptors (Lipinski definition) is 3. The first-order chi connectivity index (χ1) is 31.8. The third kappa shape index (κ3) is 4.99. The van der Waals surface area contributed by atoms with E-state index < -0.39 is 0 Å². The molecule has 4 nitrogen and oxygen atoms in total. The number of fused-ring (bicyclic) bond motifs is 15. The lowest BCUT2D eigenvalue weighted by atomic mass is 9.95. The van der Waals surface area contributed by atoms with Crippen molar-refractivity contribution in [2.45, 2.75) is 0 Å². The highest BCUT2D eigenvalue weighted by atomic mass is 16.3. The van der Waals surface area contributed by atoms with Crippen molar-refractivity contribution in [1.82, 2.24) is 14.5 Å². The molecule has 0 saturated heterocycles. The summed E-state index contributed by atoms with van der Waals surface area (Å²) < 4.78 is 9.25. The van der Waals surface area contributed by atoms with E-state index >= 15 is 0 Å². The molecule has 3 heterocycles. The summed E-state index contributed by atoms with van der Waals surface area (Å²) in [7, 11) is 0. The molecular formula is C60H35N3O. The van der Waals surface area contributed by atoms with Gasteiger partial charge in [0.05, 0.1) is 22.2 Å². The van der Waals surface area contributed by atoms with Crippen molar-refractivity contribution in [1.29, 1.82) is 0 Å². The van der Waals surface area contributed by atoms with Crippen LogP contribution in [0.3, 0.4) is 0 Å².